The van der Waals surface area contributed by atoms with E-state index in [4.69, 9.17) is 5.84 Å². The van der Waals surface area contributed by atoms with Gasteiger partial charge >= 0.3 is 0 Å². The molecule has 0 atom stereocenters. The monoisotopic (exact) mass is 270 g/mol. The average Bonchev–Trinajstić information content (AvgIpc) is 2.46. The molecule has 0 aliphatic carbocycles. The van der Waals surface area contributed by atoms with E-state index in [9.17, 15) is 4.79 Å². The lowest BCUT2D eigenvalue weighted by atomic mass is 10.1. The van der Waals surface area contributed by atoms with E-state index in [0.29, 0.717) is 17.8 Å². The minimum absolute atomic E-state index is 0.178. The molecule has 104 valence electrons. The first-order valence-electron chi connectivity index (χ1n) is 6.38. The highest BCUT2D eigenvalue weighted by Gasteiger charge is 2.11. The van der Waals surface area contributed by atoms with Crippen LogP contribution in [0.2, 0.25) is 0 Å². The Hall–Kier alpha value is -2.40. The molecule has 0 fully saturated rings. The zero-order chi connectivity index (χ0) is 14.5. The van der Waals surface area contributed by atoms with Crippen molar-refractivity contribution in [1.82, 2.24) is 10.3 Å². The molecule has 0 unspecified atom stereocenters. The molecule has 4 N–H and O–H groups in total. The molecule has 1 heterocycles. The molecular weight excluding hydrogens is 252 g/mol. The van der Waals surface area contributed by atoms with E-state index in [1.807, 2.05) is 38.1 Å². The number of aryl methyl sites for hydroxylation is 2. The Morgan fingerprint density at radius 2 is 2.10 bits per heavy atom. The molecule has 0 saturated heterocycles. The third-order valence-corrected chi connectivity index (χ3v) is 3.11. The number of aromatic nitrogens is 1. The Kier molecular flexibility index (Phi) is 4.32. The lowest BCUT2D eigenvalue weighted by Gasteiger charge is -2.11. The van der Waals surface area contributed by atoms with Crippen LogP contribution < -0.4 is 16.6 Å². The first-order valence-corrected chi connectivity index (χ1v) is 6.38. The molecule has 0 aliphatic heterocycles. The van der Waals surface area contributed by atoms with Crippen LogP contribution in [0.25, 0.3) is 0 Å². The minimum Gasteiger partial charge on any atom is -0.346 e. The van der Waals surface area contributed by atoms with Crippen molar-refractivity contribution in [2.45, 2.75) is 20.4 Å². The Morgan fingerprint density at radius 3 is 2.80 bits per heavy atom. The van der Waals surface area contributed by atoms with Gasteiger partial charge in [-0.15, -0.1) is 0 Å². The van der Waals surface area contributed by atoms with Crippen molar-refractivity contribution in [2.24, 2.45) is 5.84 Å². The van der Waals surface area contributed by atoms with Gasteiger partial charge in [-0.3, -0.25) is 15.6 Å². The van der Waals surface area contributed by atoms with E-state index in [0.717, 1.165) is 16.8 Å². The second-order valence-corrected chi connectivity index (χ2v) is 4.64. The number of nitrogens with zero attached hydrogens (tertiary/aromatic N) is 1. The van der Waals surface area contributed by atoms with Crippen LogP contribution in [-0.4, -0.2) is 10.9 Å². The number of nitrogen functional groups attached to an aromatic ring is 1. The van der Waals surface area contributed by atoms with Crippen LogP contribution in [0.3, 0.4) is 0 Å². The topological polar surface area (TPSA) is 80.0 Å². The van der Waals surface area contributed by atoms with Gasteiger partial charge in [-0.05, 0) is 43.2 Å². The summed E-state index contributed by atoms with van der Waals surface area (Å²) in [6.45, 7) is 4.30. The summed E-state index contributed by atoms with van der Waals surface area (Å²) in [5.74, 6) is 5.27. The third-order valence-electron chi connectivity index (χ3n) is 3.11. The highest BCUT2D eigenvalue weighted by molar-refractivity contribution is 5.99. The van der Waals surface area contributed by atoms with Crippen molar-refractivity contribution in [2.75, 3.05) is 5.43 Å². The van der Waals surface area contributed by atoms with Gasteiger partial charge in [-0.1, -0.05) is 12.1 Å². The number of nitrogens with two attached hydrogens (primary N) is 1. The smallest absolute Gasteiger partial charge is 0.253 e. The summed E-state index contributed by atoms with van der Waals surface area (Å²) in [5, 5.41) is 2.85. The van der Waals surface area contributed by atoms with E-state index in [-0.39, 0.29) is 5.91 Å². The molecule has 2 aromatic rings. The molecule has 2 rings (SSSR count). The quantitative estimate of drug-likeness (QED) is 0.585. The van der Waals surface area contributed by atoms with Crippen LogP contribution in [0.15, 0.2) is 36.5 Å². The van der Waals surface area contributed by atoms with Crippen molar-refractivity contribution in [1.29, 1.82) is 0 Å². The molecule has 0 bridgehead atoms. The Morgan fingerprint density at radius 1 is 1.30 bits per heavy atom. The molecular formula is C15H18N4O. The number of nitrogens with one attached hydrogen (secondary N) is 2. The van der Waals surface area contributed by atoms with Gasteiger partial charge in [0.25, 0.3) is 5.91 Å². The van der Waals surface area contributed by atoms with Gasteiger partial charge in [-0.2, -0.15) is 0 Å². The molecule has 1 aromatic carbocycles. The average molecular weight is 270 g/mol. The van der Waals surface area contributed by atoms with Crippen LogP contribution in [0.1, 0.15) is 27.2 Å². The maximum atomic E-state index is 12.2. The molecule has 5 nitrogen and oxygen atoms in total. The summed E-state index contributed by atoms with van der Waals surface area (Å²) in [6, 6.07) is 9.30. The number of carbonyl (C=O) groups excluding carboxylic acids is 1. The molecule has 20 heavy (non-hydrogen) atoms. The number of amides is 1. The fourth-order valence-corrected chi connectivity index (χ4v) is 1.94. The van der Waals surface area contributed by atoms with Crippen LogP contribution in [0, 0.1) is 13.8 Å². The van der Waals surface area contributed by atoms with Crippen molar-refractivity contribution >= 4 is 11.6 Å². The maximum Gasteiger partial charge on any atom is 0.253 e. The highest BCUT2D eigenvalue weighted by Crippen LogP contribution is 2.16. The molecule has 0 aliphatic rings. The van der Waals surface area contributed by atoms with Gasteiger partial charge < -0.3 is 10.7 Å². The number of carbonyl (C=O) groups is 1. The fraction of sp³-hybridized carbons (Fsp3) is 0.200. The van der Waals surface area contributed by atoms with Crippen molar-refractivity contribution in [3.63, 3.8) is 0 Å². The first kappa shape index (κ1) is 14.0. The third kappa shape index (κ3) is 3.13. The number of hydrazine groups is 1. The summed E-state index contributed by atoms with van der Waals surface area (Å²) in [6.07, 6.45) is 1.72. The summed E-state index contributed by atoms with van der Waals surface area (Å²) in [7, 11) is 0. The summed E-state index contributed by atoms with van der Waals surface area (Å²) >= 11 is 0. The number of hydrogen-bond donors (Lipinski definition) is 3. The van der Waals surface area contributed by atoms with E-state index >= 15 is 0 Å². The predicted octanol–water partition coefficient (Wildman–Crippen LogP) is 1.91. The minimum atomic E-state index is -0.178. The zero-order valence-electron chi connectivity index (χ0n) is 11.6. The largest absolute Gasteiger partial charge is 0.346 e. The zero-order valence-corrected chi connectivity index (χ0v) is 11.6. The Balaban J connectivity index is 2.11. The van der Waals surface area contributed by atoms with Crippen LogP contribution in [0.4, 0.5) is 5.69 Å². The predicted molar refractivity (Wildman–Crippen MR) is 79.1 cm³/mol. The lowest BCUT2D eigenvalue weighted by molar-refractivity contribution is 0.0951. The Bertz CT molecular complexity index is 625. The second kappa shape index (κ2) is 6.16. The van der Waals surface area contributed by atoms with Gasteiger partial charge in [0, 0.05) is 6.20 Å². The lowest BCUT2D eigenvalue weighted by Crippen LogP contribution is -2.25. The van der Waals surface area contributed by atoms with Crippen molar-refractivity contribution < 1.29 is 4.79 Å². The molecule has 0 radical (unpaired) electrons. The number of rotatable bonds is 4. The highest BCUT2D eigenvalue weighted by atomic mass is 16.1. The summed E-state index contributed by atoms with van der Waals surface area (Å²) in [4.78, 5) is 16.4. The molecule has 5 heteroatoms. The van der Waals surface area contributed by atoms with Gasteiger partial charge in [0.2, 0.25) is 0 Å². The molecule has 0 spiro atoms. The van der Waals surface area contributed by atoms with Crippen LogP contribution in [-0.2, 0) is 6.54 Å². The standard InChI is InChI=1S/C15H18N4O/c1-10-5-6-12(13(8-10)19-16)15(20)18-9-14-11(2)4-3-7-17-14/h3-8,19H,9,16H2,1-2H3,(H,18,20). The summed E-state index contributed by atoms with van der Waals surface area (Å²) in [5.41, 5.74) is 6.63. The van der Waals surface area contributed by atoms with Gasteiger partial charge in [0.05, 0.1) is 23.5 Å². The SMILES string of the molecule is Cc1ccc(C(=O)NCc2ncccc2C)c(NN)c1. The van der Waals surface area contributed by atoms with E-state index < -0.39 is 0 Å². The number of anilines is 1. The summed E-state index contributed by atoms with van der Waals surface area (Å²) < 4.78 is 0. The first-order chi connectivity index (χ1) is 9.61. The van der Waals surface area contributed by atoms with Crippen LogP contribution in [0.5, 0.6) is 0 Å². The second-order valence-electron chi connectivity index (χ2n) is 4.64. The number of pyridine rings is 1. The van der Waals surface area contributed by atoms with E-state index in [1.165, 1.54) is 0 Å². The fourth-order valence-electron chi connectivity index (χ4n) is 1.94. The molecule has 0 saturated carbocycles. The van der Waals surface area contributed by atoms with Gasteiger partial charge in [-0.25, -0.2) is 0 Å². The Labute approximate surface area is 118 Å². The maximum absolute atomic E-state index is 12.2. The molecule has 1 amide bonds. The van der Waals surface area contributed by atoms with Crippen molar-refractivity contribution in [3.8, 4) is 0 Å². The van der Waals surface area contributed by atoms with Crippen LogP contribution >= 0.6 is 0 Å². The van der Waals surface area contributed by atoms with Gasteiger partial charge in [0.1, 0.15) is 0 Å². The van der Waals surface area contributed by atoms with E-state index in [1.54, 1.807) is 12.3 Å². The normalized spacial score (nSPS) is 10.2. The van der Waals surface area contributed by atoms with E-state index in [2.05, 4.69) is 15.7 Å². The van der Waals surface area contributed by atoms with Crippen molar-refractivity contribution in [3.05, 3.63) is 58.9 Å². The molecule has 1 aromatic heterocycles. The van der Waals surface area contributed by atoms with Gasteiger partial charge in [0.15, 0.2) is 0 Å². The number of benzene rings is 1. The number of hydrogen-bond acceptors (Lipinski definition) is 4.